The predicted octanol–water partition coefficient (Wildman–Crippen LogP) is 3.53. The minimum Gasteiger partial charge on any atom is -0.366 e. The summed E-state index contributed by atoms with van der Waals surface area (Å²) in [6, 6.07) is 10.8. The molecule has 25 heavy (non-hydrogen) atoms. The molecule has 134 valence electrons. The molecule has 5 heteroatoms. The number of aromatic nitrogens is 2. The molecule has 0 aliphatic carbocycles. The lowest BCUT2D eigenvalue weighted by molar-refractivity contribution is 0.345. The predicted molar refractivity (Wildman–Crippen MR) is 104 cm³/mol. The van der Waals surface area contributed by atoms with E-state index in [0.29, 0.717) is 0 Å². The Morgan fingerprint density at radius 1 is 1.08 bits per heavy atom. The Kier molecular flexibility index (Phi) is 6.23. The van der Waals surface area contributed by atoms with Crippen LogP contribution in [0.3, 0.4) is 0 Å². The first-order valence-electron chi connectivity index (χ1n) is 9.32. The van der Waals surface area contributed by atoms with Crippen LogP contribution in [0.2, 0.25) is 0 Å². The van der Waals surface area contributed by atoms with Gasteiger partial charge in [0, 0.05) is 32.2 Å². The molecule has 1 aliphatic rings. The van der Waals surface area contributed by atoms with Crippen LogP contribution in [0.4, 0.5) is 11.6 Å². The number of anilines is 2. The minimum absolute atomic E-state index is 0.778. The molecule has 1 aromatic heterocycles. The van der Waals surface area contributed by atoms with Crippen LogP contribution < -0.4 is 10.2 Å². The SMILES string of the molecule is CCN(C)Cc1cccc(CNc2cc(N3CCCCC3)ncn2)c1. The molecule has 1 aliphatic heterocycles. The van der Waals surface area contributed by atoms with E-state index >= 15 is 0 Å². The van der Waals surface area contributed by atoms with E-state index in [1.807, 2.05) is 0 Å². The van der Waals surface area contributed by atoms with E-state index in [9.17, 15) is 0 Å². The summed E-state index contributed by atoms with van der Waals surface area (Å²) in [4.78, 5) is 13.5. The Hall–Kier alpha value is -2.14. The van der Waals surface area contributed by atoms with Crippen molar-refractivity contribution in [3.8, 4) is 0 Å². The van der Waals surface area contributed by atoms with Gasteiger partial charge in [0.2, 0.25) is 0 Å². The Labute approximate surface area is 151 Å². The Morgan fingerprint density at radius 2 is 1.88 bits per heavy atom. The summed E-state index contributed by atoms with van der Waals surface area (Å²) in [5.74, 6) is 1.93. The Balaban J connectivity index is 1.60. The lowest BCUT2D eigenvalue weighted by Crippen LogP contribution is -2.30. The molecule has 0 unspecified atom stereocenters. The lowest BCUT2D eigenvalue weighted by atomic mass is 10.1. The fourth-order valence-electron chi connectivity index (χ4n) is 3.19. The third kappa shape index (κ3) is 5.16. The fraction of sp³-hybridized carbons (Fsp3) is 0.500. The third-order valence-electron chi connectivity index (χ3n) is 4.79. The molecule has 0 radical (unpaired) electrons. The maximum atomic E-state index is 4.44. The molecule has 0 amide bonds. The third-order valence-corrected chi connectivity index (χ3v) is 4.79. The molecule has 1 N–H and O–H groups in total. The maximum Gasteiger partial charge on any atom is 0.134 e. The van der Waals surface area contributed by atoms with Gasteiger partial charge in [-0.2, -0.15) is 0 Å². The van der Waals surface area contributed by atoms with E-state index in [1.54, 1.807) is 6.33 Å². The molecule has 0 bridgehead atoms. The number of hydrogen-bond acceptors (Lipinski definition) is 5. The smallest absolute Gasteiger partial charge is 0.134 e. The van der Waals surface area contributed by atoms with Crippen molar-refractivity contribution in [1.82, 2.24) is 14.9 Å². The average Bonchev–Trinajstić information content (AvgIpc) is 2.67. The highest BCUT2D eigenvalue weighted by Crippen LogP contribution is 2.19. The molecule has 0 atom stereocenters. The zero-order valence-electron chi connectivity index (χ0n) is 15.4. The highest BCUT2D eigenvalue weighted by Gasteiger charge is 2.12. The van der Waals surface area contributed by atoms with Crippen molar-refractivity contribution in [1.29, 1.82) is 0 Å². The molecule has 5 nitrogen and oxygen atoms in total. The monoisotopic (exact) mass is 339 g/mol. The number of benzene rings is 1. The first-order chi connectivity index (χ1) is 12.2. The van der Waals surface area contributed by atoms with E-state index < -0.39 is 0 Å². The van der Waals surface area contributed by atoms with Gasteiger partial charge in [0.15, 0.2) is 0 Å². The van der Waals surface area contributed by atoms with Crippen LogP contribution in [0.1, 0.15) is 37.3 Å². The second kappa shape index (κ2) is 8.81. The Morgan fingerprint density at radius 3 is 2.68 bits per heavy atom. The summed E-state index contributed by atoms with van der Waals surface area (Å²) in [7, 11) is 2.15. The van der Waals surface area contributed by atoms with Gasteiger partial charge < -0.3 is 15.1 Å². The van der Waals surface area contributed by atoms with Crippen molar-refractivity contribution in [3.05, 3.63) is 47.8 Å². The van der Waals surface area contributed by atoms with Gasteiger partial charge in [-0.1, -0.05) is 31.2 Å². The molecular formula is C20H29N5. The molecule has 2 aromatic rings. The molecule has 1 aromatic carbocycles. The number of piperidine rings is 1. The summed E-state index contributed by atoms with van der Waals surface area (Å²) in [5, 5.41) is 3.44. The van der Waals surface area contributed by atoms with Gasteiger partial charge in [-0.3, -0.25) is 0 Å². The van der Waals surface area contributed by atoms with Crippen LogP contribution in [-0.4, -0.2) is 41.5 Å². The normalized spacial score (nSPS) is 14.8. The van der Waals surface area contributed by atoms with Crippen LogP contribution in [0.25, 0.3) is 0 Å². The highest BCUT2D eigenvalue weighted by atomic mass is 15.2. The second-order valence-corrected chi connectivity index (χ2v) is 6.81. The summed E-state index contributed by atoms with van der Waals surface area (Å²) in [6.07, 6.45) is 5.51. The Bertz CT molecular complexity index is 667. The van der Waals surface area contributed by atoms with E-state index in [-0.39, 0.29) is 0 Å². The molecule has 1 fully saturated rings. The van der Waals surface area contributed by atoms with Crippen molar-refractivity contribution in [2.24, 2.45) is 0 Å². The maximum absolute atomic E-state index is 4.44. The van der Waals surface area contributed by atoms with Gasteiger partial charge in [-0.05, 0) is 44.0 Å². The fourth-order valence-corrected chi connectivity index (χ4v) is 3.19. The number of nitrogens with zero attached hydrogens (tertiary/aromatic N) is 4. The van der Waals surface area contributed by atoms with Gasteiger partial charge in [-0.15, -0.1) is 0 Å². The number of nitrogens with one attached hydrogen (secondary N) is 1. The minimum atomic E-state index is 0.778. The van der Waals surface area contributed by atoms with Gasteiger partial charge in [0.25, 0.3) is 0 Å². The average molecular weight is 339 g/mol. The summed E-state index contributed by atoms with van der Waals surface area (Å²) in [6.45, 7) is 7.20. The van der Waals surface area contributed by atoms with E-state index in [4.69, 9.17) is 0 Å². The molecule has 2 heterocycles. The molecule has 1 saturated heterocycles. The van der Waals surface area contributed by atoms with Crippen molar-refractivity contribution in [3.63, 3.8) is 0 Å². The zero-order valence-corrected chi connectivity index (χ0v) is 15.4. The van der Waals surface area contributed by atoms with Crippen molar-refractivity contribution in [2.45, 2.75) is 39.3 Å². The summed E-state index contributed by atoms with van der Waals surface area (Å²) >= 11 is 0. The number of hydrogen-bond donors (Lipinski definition) is 1. The number of rotatable bonds is 7. The van der Waals surface area contributed by atoms with E-state index in [2.05, 4.69) is 69.4 Å². The molecule has 0 saturated carbocycles. The van der Waals surface area contributed by atoms with Crippen LogP contribution in [0.15, 0.2) is 36.7 Å². The van der Waals surface area contributed by atoms with Gasteiger partial charge >= 0.3 is 0 Å². The topological polar surface area (TPSA) is 44.3 Å². The van der Waals surface area contributed by atoms with E-state index in [1.165, 1.54) is 30.4 Å². The molecule has 0 spiro atoms. The van der Waals surface area contributed by atoms with Crippen LogP contribution in [0, 0.1) is 0 Å². The van der Waals surface area contributed by atoms with Crippen molar-refractivity contribution < 1.29 is 0 Å². The standard InChI is InChI=1S/C20H29N5/c1-3-24(2)15-18-9-7-8-17(12-18)14-21-19-13-20(23-16-22-19)25-10-5-4-6-11-25/h7-9,12-13,16H,3-6,10-11,14-15H2,1-2H3,(H,21,22,23). The van der Waals surface area contributed by atoms with Crippen molar-refractivity contribution in [2.75, 3.05) is 36.9 Å². The first-order valence-corrected chi connectivity index (χ1v) is 9.32. The van der Waals surface area contributed by atoms with Gasteiger partial charge in [0.1, 0.15) is 18.0 Å². The van der Waals surface area contributed by atoms with E-state index in [0.717, 1.165) is 44.4 Å². The van der Waals surface area contributed by atoms with Gasteiger partial charge in [-0.25, -0.2) is 9.97 Å². The zero-order chi connectivity index (χ0) is 17.5. The summed E-state index contributed by atoms with van der Waals surface area (Å²) < 4.78 is 0. The largest absolute Gasteiger partial charge is 0.366 e. The second-order valence-electron chi connectivity index (χ2n) is 6.81. The van der Waals surface area contributed by atoms with Crippen LogP contribution in [0.5, 0.6) is 0 Å². The highest BCUT2D eigenvalue weighted by molar-refractivity contribution is 5.49. The summed E-state index contributed by atoms with van der Waals surface area (Å²) in [5.41, 5.74) is 2.63. The van der Waals surface area contributed by atoms with Crippen LogP contribution >= 0.6 is 0 Å². The lowest BCUT2D eigenvalue weighted by Gasteiger charge is -2.27. The van der Waals surface area contributed by atoms with Gasteiger partial charge in [0.05, 0.1) is 0 Å². The molecule has 3 rings (SSSR count). The molecular weight excluding hydrogens is 310 g/mol. The van der Waals surface area contributed by atoms with Crippen LogP contribution in [-0.2, 0) is 13.1 Å². The van der Waals surface area contributed by atoms with Crippen molar-refractivity contribution >= 4 is 11.6 Å². The first kappa shape index (κ1) is 17.7. The quantitative estimate of drug-likeness (QED) is 0.836.